The number of carbonyl (C=O) groups excluding carboxylic acids is 1. The van der Waals surface area contributed by atoms with Gasteiger partial charge in [0, 0.05) is 16.5 Å². The van der Waals surface area contributed by atoms with Crippen LogP contribution in [0.15, 0.2) is 30.3 Å². The van der Waals surface area contributed by atoms with Crippen LogP contribution in [0, 0.1) is 0 Å². The Hall–Kier alpha value is -3.81. The molecule has 0 aliphatic carbocycles. The van der Waals surface area contributed by atoms with Crippen molar-refractivity contribution in [3.8, 4) is 39.9 Å². The summed E-state index contributed by atoms with van der Waals surface area (Å²) in [6.45, 7) is 2.87. The number of phenolic OH excluding ortho intramolecular Hbond substituents is 2. The van der Waals surface area contributed by atoms with Crippen LogP contribution in [0.5, 0.6) is 28.7 Å². The second-order valence-electron chi connectivity index (χ2n) is 10.5. The first-order valence-corrected chi connectivity index (χ1v) is 12.7. The molecule has 0 spiro atoms. The molecular formula is C28H26O12. The summed E-state index contributed by atoms with van der Waals surface area (Å²) in [4.78, 5) is 13.1. The molecule has 40 heavy (non-hydrogen) atoms. The second kappa shape index (κ2) is 8.85. The molecule has 0 bridgehead atoms. The number of aromatic hydroxyl groups is 2. The van der Waals surface area contributed by atoms with Crippen LogP contribution in [-0.4, -0.2) is 76.3 Å². The molecule has 0 aromatic heterocycles. The van der Waals surface area contributed by atoms with E-state index in [-0.39, 0.29) is 24.7 Å². The number of cyclic esters (lactones) is 1. The molecule has 4 aliphatic heterocycles. The maximum Gasteiger partial charge on any atom is 0.339 e. The third kappa shape index (κ3) is 3.75. The first kappa shape index (κ1) is 25.2. The lowest BCUT2D eigenvalue weighted by atomic mass is 9.89. The Balaban J connectivity index is 1.39. The summed E-state index contributed by atoms with van der Waals surface area (Å²) in [5.74, 6) is -1.34. The van der Waals surface area contributed by atoms with Gasteiger partial charge >= 0.3 is 5.97 Å². The van der Waals surface area contributed by atoms with Gasteiger partial charge in [0.15, 0.2) is 28.8 Å². The van der Waals surface area contributed by atoms with Crippen molar-refractivity contribution in [3.63, 3.8) is 0 Å². The van der Waals surface area contributed by atoms with Crippen LogP contribution >= 0.6 is 0 Å². The molecular weight excluding hydrogens is 528 g/mol. The van der Waals surface area contributed by atoms with E-state index in [0.717, 1.165) is 0 Å². The van der Waals surface area contributed by atoms with E-state index >= 15 is 0 Å². The number of aliphatic hydroxyl groups excluding tert-OH is 2. The van der Waals surface area contributed by atoms with Gasteiger partial charge in [-0.2, -0.15) is 0 Å². The predicted octanol–water partition coefficient (Wildman–Crippen LogP) is 2.29. The fraction of sp³-hybridized carbons (Fsp3) is 0.393. The minimum atomic E-state index is -1.34. The van der Waals surface area contributed by atoms with Crippen LogP contribution in [0.1, 0.15) is 29.8 Å². The maximum atomic E-state index is 13.1. The van der Waals surface area contributed by atoms with Crippen molar-refractivity contribution in [2.75, 3.05) is 13.4 Å². The molecule has 0 saturated carbocycles. The van der Waals surface area contributed by atoms with Gasteiger partial charge in [0.2, 0.25) is 13.1 Å². The van der Waals surface area contributed by atoms with Gasteiger partial charge in [-0.25, -0.2) is 4.79 Å². The summed E-state index contributed by atoms with van der Waals surface area (Å²) in [6, 6.07) is 7.80. The zero-order chi connectivity index (χ0) is 27.9. The van der Waals surface area contributed by atoms with E-state index in [2.05, 4.69) is 0 Å². The summed E-state index contributed by atoms with van der Waals surface area (Å²) in [7, 11) is 0. The quantitative estimate of drug-likeness (QED) is 0.275. The number of fused-ring (bicyclic) bond motifs is 4. The molecule has 2 fully saturated rings. The largest absolute Gasteiger partial charge is 0.504 e. The topological polar surface area (TPSA) is 163 Å². The molecule has 4 aliphatic rings. The molecule has 2 saturated heterocycles. The molecule has 3 aromatic rings. The Morgan fingerprint density at radius 1 is 0.950 bits per heavy atom. The molecule has 12 nitrogen and oxygen atoms in total. The van der Waals surface area contributed by atoms with Gasteiger partial charge in [0.05, 0.1) is 12.2 Å². The number of hydrogen-bond donors (Lipinski definition) is 4. The van der Waals surface area contributed by atoms with Gasteiger partial charge in [-0.1, -0.05) is 6.07 Å². The molecule has 0 radical (unpaired) electrons. The summed E-state index contributed by atoms with van der Waals surface area (Å²) < 4.78 is 40.3. The number of benzene rings is 3. The van der Waals surface area contributed by atoms with Gasteiger partial charge < -0.3 is 53.6 Å². The van der Waals surface area contributed by atoms with Crippen LogP contribution < -0.4 is 14.2 Å². The molecule has 0 amide bonds. The molecule has 1 unspecified atom stereocenters. The summed E-state index contributed by atoms with van der Waals surface area (Å²) >= 11 is 0. The van der Waals surface area contributed by atoms with Crippen LogP contribution in [0.25, 0.3) is 21.9 Å². The maximum absolute atomic E-state index is 13.1. The number of aliphatic hydroxyl groups is 2. The van der Waals surface area contributed by atoms with E-state index in [4.69, 9.17) is 33.2 Å². The monoisotopic (exact) mass is 554 g/mol. The minimum absolute atomic E-state index is 0.0630. The van der Waals surface area contributed by atoms with Gasteiger partial charge in [-0.15, -0.1) is 0 Å². The van der Waals surface area contributed by atoms with Crippen LogP contribution in [0.4, 0.5) is 0 Å². The summed E-state index contributed by atoms with van der Waals surface area (Å²) in [5, 5.41) is 42.8. The van der Waals surface area contributed by atoms with Crippen molar-refractivity contribution in [3.05, 3.63) is 41.5 Å². The highest BCUT2D eigenvalue weighted by atomic mass is 16.8. The second-order valence-corrected chi connectivity index (χ2v) is 10.5. The van der Waals surface area contributed by atoms with Crippen molar-refractivity contribution in [2.45, 2.75) is 56.9 Å². The number of ether oxygens (including phenoxy) is 7. The Labute approximate surface area is 227 Å². The molecule has 4 heterocycles. The lowest BCUT2D eigenvalue weighted by molar-refractivity contribution is -0.254. The van der Waals surface area contributed by atoms with Crippen LogP contribution in [-0.2, 0) is 25.6 Å². The highest BCUT2D eigenvalue weighted by Crippen LogP contribution is 2.50. The number of rotatable bonds is 4. The smallest absolute Gasteiger partial charge is 0.339 e. The first-order chi connectivity index (χ1) is 19.1. The molecule has 12 heteroatoms. The van der Waals surface area contributed by atoms with Gasteiger partial charge in [-0.3, -0.25) is 0 Å². The summed E-state index contributed by atoms with van der Waals surface area (Å²) in [6.07, 6.45) is -5.16. The Bertz CT molecular complexity index is 1550. The standard InChI is InChI=1S/C28H26O12/c1-28(2)39-24-19(8-29)37-27(22(32)25(24)40-28)38-23-13-7-16(31)15(30)6-12(13)20(21-14(23)9-34-26(21)33)11-3-4-17-18(5-11)36-10-35-17/h3-7,19,22,24-25,27,29-32H,8-10H2,1-2H3/t19-,22-,24-,25-,27?/m1/s1. The highest BCUT2D eigenvalue weighted by Gasteiger charge is 2.55. The number of hydrogen-bond acceptors (Lipinski definition) is 12. The van der Waals surface area contributed by atoms with E-state index in [1.165, 1.54) is 12.1 Å². The third-order valence-corrected chi connectivity index (χ3v) is 7.54. The minimum Gasteiger partial charge on any atom is -0.504 e. The number of phenols is 2. The molecule has 3 aromatic carbocycles. The van der Waals surface area contributed by atoms with Crippen molar-refractivity contribution >= 4 is 16.7 Å². The molecule has 7 rings (SSSR count). The number of esters is 1. The van der Waals surface area contributed by atoms with Crippen LogP contribution in [0.3, 0.4) is 0 Å². The van der Waals surface area contributed by atoms with Gasteiger partial charge in [0.25, 0.3) is 0 Å². The van der Waals surface area contributed by atoms with E-state index in [0.29, 0.717) is 39.0 Å². The predicted molar refractivity (Wildman–Crippen MR) is 134 cm³/mol. The average Bonchev–Trinajstić information content (AvgIpc) is 3.63. The lowest BCUT2D eigenvalue weighted by Crippen LogP contribution is -2.58. The fourth-order valence-electron chi connectivity index (χ4n) is 5.81. The van der Waals surface area contributed by atoms with E-state index in [9.17, 15) is 25.2 Å². The molecule has 210 valence electrons. The zero-order valence-corrected chi connectivity index (χ0v) is 21.4. The van der Waals surface area contributed by atoms with Crippen molar-refractivity contribution in [2.24, 2.45) is 0 Å². The zero-order valence-electron chi connectivity index (χ0n) is 21.4. The Morgan fingerprint density at radius 2 is 1.68 bits per heavy atom. The van der Waals surface area contributed by atoms with Crippen LogP contribution in [0.2, 0.25) is 0 Å². The van der Waals surface area contributed by atoms with Crippen molar-refractivity contribution in [1.29, 1.82) is 0 Å². The first-order valence-electron chi connectivity index (χ1n) is 12.7. The Kier molecular flexibility index (Phi) is 5.57. The molecule has 4 N–H and O–H groups in total. The normalized spacial score (nSPS) is 27.9. The summed E-state index contributed by atoms with van der Waals surface area (Å²) in [5.41, 5.74) is 1.56. The van der Waals surface area contributed by atoms with Crippen molar-refractivity contribution in [1.82, 2.24) is 0 Å². The third-order valence-electron chi connectivity index (χ3n) is 7.54. The number of carbonyl (C=O) groups is 1. The average molecular weight is 555 g/mol. The van der Waals surface area contributed by atoms with E-state index in [1.54, 1.807) is 32.0 Å². The fourth-order valence-corrected chi connectivity index (χ4v) is 5.81. The molecule has 5 atom stereocenters. The van der Waals surface area contributed by atoms with Crippen molar-refractivity contribution < 1.29 is 58.4 Å². The lowest BCUT2D eigenvalue weighted by Gasteiger charge is -2.39. The highest BCUT2D eigenvalue weighted by molar-refractivity contribution is 6.14. The Morgan fingerprint density at radius 3 is 2.45 bits per heavy atom. The SMILES string of the molecule is CC1(C)O[C@H]2[C@H](O1)[C@@H](O)C(Oc1c3c(c(-c4ccc5c(c4)OCO5)c4cc(O)c(O)cc14)C(=O)OC3)O[C@@H]2CO. The van der Waals surface area contributed by atoms with E-state index in [1.807, 2.05) is 0 Å². The van der Waals surface area contributed by atoms with Gasteiger partial charge in [-0.05, 0) is 49.1 Å². The van der Waals surface area contributed by atoms with E-state index < -0.39 is 60.6 Å². The van der Waals surface area contributed by atoms with Gasteiger partial charge in [0.1, 0.15) is 36.8 Å².